The molecule has 0 saturated heterocycles. The van der Waals surface area contributed by atoms with E-state index in [4.69, 9.17) is 10.8 Å². The van der Waals surface area contributed by atoms with Gasteiger partial charge >= 0.3 is 12.6 Å². The molecule has 2 aromatic carbocycles. The summed E-state index contributed by atoms with van der Waals surface area (Å²) in [6.45, 7) is -2.98. The first-order valence-corrected chi connectivity index (χ1v) is 5.91. The van der Waals surface area contributed by atoms with Crippen LogP contribution >= 0.6 is 0 Å². The molecule has 0 aliphatic rings. The fraction of sp³-hybridized carbons (Fsp3) is 0.0714. The first-order valence-electron chi connectivity index (χ1n) is 5.91. The lowest BCUT2D eigenvalue weighted by Crippen LogP contribution is -2.07. The van der Waals surface area contributed by atoms with E-state index in [9.17, 15) is 13.6 Å². The number of carbonyl (C=O) groups is 1. The highest BCUT2D eigenvalue weighted by molar-refractivity contribution is 5.96. The van der Waals surface area contributed by atoms with Crippen LogP contribution in [0.2, 0.25) is 0 Å². The third-order valence-corrected chi connectivity index (χ3v) is 2.65. The summed E-state index contributed by atoms with van der Waals surface area (Å²) in [7, 11) is 0. The number of nitrogens with one attached hydrogen (secondary N) is 1. The number of para-hydroxylation sites is 2. The van der Waals surface area contributed by atoms with Crippen LogP contribution in [0.15, 0.2) is 42.5 Å². The predicted molar refractivity (Wildman–Crippen MR) is 74.2 cm³/mol. The van der Waals surface area contributed by atoms with Gasteiger partial charge in [-0.15, -0.1) is 0 Å². The number of nitrogens with two attached hydrogens (primary N) is 1. The Labute approximate surface area is 119 Å². The summed E-state index contributed by atoms with van der Waals surface area (Å²) < 4.78 is 29.1. The maximum atomic E-state index is 12.3. The second-order valence-electron chi connectivity index (χ2n) is 4.11. The number of halogens is 2. The molecule has 110 valence electrons. The highest BCUT2D eigenvalue weighted by Crippen LogP contribution is 2.31. The molecule has 0 radical (unpaired) electrons. The molecule has 0 aliphatic carbocycles. The van der Waals surface area contributed by atoms with Gasteiger partial charge in [-0.05, 0) is 30.3 Å². The Morgan fingerprint density at radius 1 is 1.19 bits per heavy atom. The number of rotatable bonds is 5. The Bertz CT molecular complexity index is 662. The predicted octanol–water partition coefficient (Wildman–Crippen LogP) is 3.31. The van der Waals surface area contributed by atoms with Gasteiger partial charge in [0.05, 0.1) is 16.9 Å². The molecule has 0 amide bonds. The average molecular weight is 294 g/mol. The van der Waals surface area contributed by atoms with Gasteiger partial charge in [-0.25, -0.2) is 4.79 Å². The Kier molecular flexibility index (Phi) is 4.22. The molecule has 7 heteroatoms. The van der Waals surface area contributed by atoms with E-state index in [2.05, 4.69) is 10.1 Å². The molecule has 5 nitrogen and oxygen atoms in total. The first kappa shape index (κ1) is 14.6. The number of hydrogen-bond donors (Lipinski definition) is 3. The van der Waals surface area contributed by atoms with E-state index in [1.807, 2.05) is 0 Å². The van der Waals surface area contributed by atoms with Gasteiger partial charge in [0.1, 0.15) is 5.75 Å². The van der Waals surface area contributed by atoms with Crippen molar-refractivity contribution in [2.45, 2.75) is 6.61 Å². The van der Waals surface area contributed by atoms with Crippen LogP contribution in [-0.2, 0) is 0 Å². The van der Waals surface area contributed by atoms with Crippen LogP contribution in [0.5, 0.6) is 5.75 Å². The van der Waals surface area contributed by atoms with Crippen molar-refractivity contribution in [1.82, 2.24) is 0 Å². The van der Waals surface area contributed by atoms with Crippen molar-refractivity contribution in [3.63, 3.8) is 0 Å². The zero-order valence-corrected chi connectivity index (χ0v) is 10.7. The number of alkyl halides is 2. The lowest BCUT2D eigenvalue weighted by molar-refractivity contribution is -0.0493. The van der Waals surface area contributed by atoms with E-state index in [1.54, 1.807) is 6.07 Å². The fourth-order valence-corrected chi connectivity index (χ4v) is 1.77. The molecule has 4 N–H and O–H groups in total. The highest BCUT2D eigenvalue weighted by Gasteiger charge is 2.14. The van der Waals surface area contributed by atoms with Gasteiger partial charge in [-0.2, -0.15) is 8.78 Å². The van der Waals surface area contributed by atoms with Crippen molar-refractivity contribution >= 4 is 23.0 Å². The Hall–Kier alpha value is -2.83. The van der Waals surface area contributed by atoms with Crippen LogP contribution in [0, 0.1) is 0 Å². The minimum absolute atomic E-state index is 0.0314. The quantitative estimate of drug-likeness (QED) is 0.737. The monoisotopic (exact) mass is 294 g/mol. The van der Waals surface area contributed by atoms with Crippen molar-refractivity contribution < 1.29 is 23.4 Å². The van der Waals surface area contributed by atoms with Crippen LogP contribution in [0.4, 0.5) is 25.8 Å². The highest BCUT2D eigenvalue weighted by atomic mass is 19.3. The second-order valence-corrected chi connectivity index (χ2v) is 4.11. The standard InChI is InChI=1S/C14H12F2N2O3/c15-14(16)21-12-4-2-1-3-10(12)18-11-7-8(17)5-6-9(11)13(19)20/h1-7,14,18H,17H2,(H,19,20). The van der Waals surface area contributed by atoms with Crippen molar-refractivity contribution in [1.29, 1.82) is 0 Å². The molecule has 0 fully saturated rings. The molecule has 0 atom stereocenters. The molecule has 0 bridgehead atoms. The number of hydrogen-bond acceptors (Lipinski definition) is 4. The molecule has 0 aliphatic heterocycles. The Morgan fingerprint density at radius 3 is 2.57 bits per heavy atom. The molecule has 0 aromatic heterocycles. The zero-order valence-electron chi connectivity index (χ0n) is 10.7. The number of benzene rings is 2. The Balaban J connectivity index is 2.38. The lowest BCUT2D eigenvalue weighted by atomic mass is 10.1. The summed E-state index contributed by atoms with van der Waals surface area (Å²) in [6.07, 6.45) is 0. The summed E-state index contributed by atoms with van der Waals surface area (Å²) in [5, 5.41) is 11.9. The summed E-state index contributed by atoms with van der Waals surface area (Å²) in [5.74, 6) is -1.25. The van der Waals surface area contributed by atoms with Crippen molar-refractivity contribution in [2.75, 3.05) is 11.1 Å². The largest absolute Gasteiger partial charge is 0.478 e. The maximum absolute atomic E-state index is 12.3. The molecular formula is C14H12F2N2O3. The van der Waals surface area contributed by atoms with Gasteiger partial charge in [0.15, 0.2) is 0 Å². The van der Waals surface area contributed by atoms with E-state index in [1.165, 1.54) is 36.4 Å². The molecule has 2 aromatic rings. The summed E-state index contributed by atoms with van der Waals surface area (Å²) in [5.41, 5.74) is 6.33. The third-order valence-electron chi connectivity index (χ3n) is 2.65. The van der Waals surface area contributed by atoms with E-state index < -0.39 is 12.6 Å². The number of carboxylic acid groups (broad SMARTS) is 1. The molecular weight excluding hydrogens is 282 g/mol. The van der Waals surface area contributed by atoms with Gasteiger partial charge in [-0.3, -0.25) is 0 Å². The lowest BCUT2D eigenvalue weighted by Gasteiger charge is -2.14. The van der Waals surface area contributed by atoms with Crippen molar-refractivity contribution in [2.24, 2.45) is 0 Å². The van der Waals surface area contributed by atoms with Gasteiger partial charge in [0.25, 0.3) is 0 Å². The first-order chi connectivity index (χ1) is 9.97. The third kappa shape index (κ3) is 3.59. The topological polar surface area (TPSA) is 84.6 Å². The SMILES string of the molecule is Nc1ccc(C(=O)O)c(Nc2ccccc2OC(F)F)c1. The van der Waals surface area contributed by atoms with Crippen LogP contribution in [0.1, 0.15) is 10.4 Å². The van der Waals surface area contributed by atoms with Gasteiger partial charge in [-0.1, -0.05) is 12.1 Å². The van der Waals surface area contributed by atoms with Crippen molar-refractivity contribution in [3.8, 4) is 5.75 Å². The van der Waals surface area contributed by atoms with Crippen LogP contribution in [0.3, 0.4) is 0 Å². The van der Waals surface area contributed by atoms with E-state index in [-0.39, 0.29) is 22.7 Å². The summed E-state index contributed by atoms with van der Waals surface area (Å²) >= 11 is 0. The fourth-order valence-electron chi connectivity index (χ4n) is 1.77. The van der Waals surface area contributed by atoms with Crippen LogP contribution in [-0.4, -0.2) is 17.7 Å². The molecule has 0 unspecified atom stereocenters. The number of aromatic carboxylic acids is 1. The summed E-state index contributed by atoms with van der Waals surface area (Å²) in [4.78, 5) is 11.2. The molecule has 21 heavy (non-hydrogen) atoms. The molecule has 0 saturated carbocycles. The van der Waals surface area contributed by atoms with Gasteiger partial charge in [0, 0.05) is 5.69 Å². The minimum Gasteiger partial charge on any atom is -0.478 e. The van der Waals surface area contributed by atoms with E-state index >= 15 is 0 Å². The number of anilines is 3. The van der Waals surface area contributed by atoms with E-state index in [0.717, 1.165) is 0 Å². The minimum atomic E-state index is -2.98. The van der Waals surface area contributed by atoms with Crippen molar-refractivity contribution in [3.05, 3.63) is 48.0 Å². The van der Waals surface area contributed by atoms with Gasteiger partial charge in [0.2, 0.25) is 0 Å². The Morgan fingerprint density at radius 2 is 1.90 bits per heavy atom. The average Bonchev–Trinajstić information content (AvgIpc) is 2.40. The maximum Gasteiger partial charge on any atom is 0.387 e. The number of nitrogen functional groups attached to an aromatic ring is 1. The zero-order chi connectivity index (χ0) is 15.4. The number of carboxylic acids is 1. The molecule has 0 spiro atoms. The second kappa shape index (κ2) is 6.08. The normalized spacial score (nSPS) is 10.4. The van der Waals surface area contributed by atoms with Gasteiger partial charge < -0.3 is 20.9 Å². The molecule has 2 rings (SSSR count). The summed E-state index contributed by atoms with van der Waals surface area (Å²) in [6, 6.07) is 10.1. The smallest absolute Gasteiger partial charge is 0.387 e. The van der Waals surface area contributed by atoms with E-state index in [0.29, 0.717) is 5.69 Å². The van der Waals surface area contributed by atoms with Crippen LogP contribution in [0.25, 0.3) is 0 Å². The van der Waals surface area contributed by atoms with Crippen LogP contribution < -0.4 is 15.8 Å². The molecule has 0 heterocycles. The number of ether oxygens (including phenoxy) is 1.